The Hall–Kier alpha value is -3.21. The van der Waals surface area contributed by atoms with Gasteiger partial charge in [-0.3, -0.25) is 10.2 Å². The zero-order valence-corrected chi connectivity index (χ0v) is 15.8. The van der Waals surface area contributed by atoms with Gasteiger partial charge in [-0.15, -0.1) is 11.3 Å². The topological polar surface area (TPSA) is 116 Å². The summed E-state index contributed by atoms with van der Waals surface area (Å²) in [5.74, 6) is -0.404. The highest BCUT2D eigenvalue weighted by Crippen LogP contribution is 2.27. The first-order chi connectivity index (χ1) is 12.9. The number of carbonyl (C=O) groups is 1. The Labute approximate surface area is 164 Å². The number of nitrogens with one attached hydrogen (secondary N) is 2. The molecule has 2 aromatic heterocycles. The van der Waals surface area contributed by atoms with Gasteiger partial charge in [0.1, 0.15) is 11.8 Å². The van der Waals surface area contributed by atoms with Gasteiger partial charge in [-0.05, 0) is 48.9 Å². The number of amides is 1. The third-order valence-corrected chi connectivity index (χ3v) is 5.07. The summed E-state index contributed by atoms with van der Waals surface area (Å²) in [7, 11) is 0. The van der Waals surface area contributed by atoms with Gasteiger partial charge in [0.05, 0.1) is 20.5 Å². The Morgan fingerprint density at radius 2 is 2.11 bits per heavy atom. The van der Waals surface area contributed by atoms with Crippen LogP contribution in [0.3, 0.4) is 0 Å². The molecule has 0 aliphatic carbocycles. The number of pyridine rings is 1. The van der Waals surface area contributed by atoms with Crippen molar-refractivity contribution in [1.82, 2.24) is 4.98 Å². The molecule has 27 heavy (non-hydrogen) atoms. The molecule has 0 saturated heterocycles. The minimum absolute atomic E-state index is 0.229. The van der Waals surface area contributed by atoms with Crippen LogP contribution in [0.1, 0.15) is 32.1 Å². The molecule has 6 nitrogen and oxygen atoms in total. The van der Waals surface area contributed by atoms with Crippen LogP contribution in [0.2, 0.25) is 4.34 Å². The molecule has 0 unspecified atom stereocenters. The Bertz CT molecular complexity index is 1100. The summed E-state index contributed by atoms with van der Waals surface area (Å²) in [5.41, 5.74) is 8.87. The van der Waals surface area contributed by atoms with Gasteiger partial charge in [-0.2, -0.15) is 5.26 Å². The van der Waals surface area contributed by atoms with Crippen LogP contribution < -0.4 is 11.1 Å². The van der Waals surface area contributed by atoms with E-state index < -0.39 is 5.91 Å². The molecule has 0 aliphatic heterocycles. The SMILES string of the molecule is Cc1cc(C#N)cnc1C(=O)Nc1ccc(N)c(C(=N)c2ccc(Cl)s2)c1. The van der Waals surface area contributed by atoms with Crippen LogP contribution in [0.25, 0.3) is 0 Å². The van der Waals surface area contributed by atoms with Crippen LogP contribution in [0.4, 0.5) is 11.4 Å². The van der Waals surface area contributed by atoms with Gasteiger partial charge < -0.3 is 11.1 Å². The third kappa shape index (κ3) is 3.97. The lowest BCUT2D eigenvalue weighted by Gasteiger charge is -2.11. The molecule has 1 amide bonds. The number of halogens is 1. The molecule has 1 aromatic carbocycles. The van der Waals surface area contributed by atoms with Crippen molar-refractivity contribution in [2.75, 3.05) is 11.1 Å². The molecular formula is C19H14ClN5OS. The van der Waals surface area contributed by atoms with E-state index >= 15 is 0 Å². The highest BCUT2D eigenvalue weighted by molar-refractivity contribution is 7.18. The summed E-state index contributed by atoms with van der Waals surface area (Å²) >= 11 is 7.23. The van der Waals surface area contributed by atoms with E-state index in [1.165, 1.54) is 17.5 Å². The Morgan fingerprint density at radius 3 is 2.74 bits per heavy atom. The number of thiophene rings is 1. The monoisotopic (exact) mass is 395 g/mol. The maximum absolute atomic E-state index is 12.5. The number of benzene rings is 1. The zero-order valence-electron chi connectivity index (χ0n) is 14.2. The maximum atomic E-state index is 12.5. The molecule has 2 heterocycles. The molecule has 8 heteroatoms. The average Bonchev–Trinajstić information content (AvgIpc) is 3.08. The number of hydrogen-bond acceptors (Lipinski definition) is 6. The van der Waals surface area contributed by atoms with Crippen molar-refractivity contribution < 1.29 is 4.79 Å². The summed E-state index contributed by atoms with van der Waals surface area (Å²) in [5, 5.41) is 20.0. The van der Waals surface area contributed by atoms with E-state index in [-0.39, 0.29) is 11.4 Å². The lowest BCUT2D eigenvalue weighted by atomic mass is 10.1. The lowest BCUT2D eigenvalue weighted by molar-refractivity contribution is 0.102. The van der Waals surface area contributed by atoms with Crippen LogP contribution in [-0.2, 0) is 0 Å². The molecule has 0 atom stereocenters. The van der Waals surface area contributed by atoms with Gasteiger partial charge in [0.15, 0.2) is 0 Å². The van der Waals surface area contributed by atoms with Crippen molar-refractivity contribution >= 4 is 45.9 Å². The van der Waals surface area contributed by atoms with Crippen LogP contribution >= 0.6 is 22.9 Å². The summed E-state index contributed by atoms with van der Waals surface area (Å²) in [6.07, 6.45) is 1.35. The fourth-order valence-corrected chi connectivity index (χ4v) is 3.50. The second kappa shape index (κ2) is 7.58. The van der Waals surface area contributed by atoms with E-state index in [0.29, 0.717) is 37.3 Å². The van der Waals surface area contributed by atoms with Crippen molar-refractivity contribution in [1.29, 1.82) is 10.7 Å². The standard InChI is InChI=1S/C19H14ClN5OS/c1-10-6-11(8-21)9-24-18(10)19(26)25-12-2-3-14(22)13(7-12)17(23)15-4-5-16(20)27-15/h2-7,9,23H,22H2,1H3,(H,25,26). The summed E-state index contributed by atoms with van der Waals surface area (Å²) in [4.78, 5) is 17.3. The lowest BCUT2D eigenvalue weighted by Crippen LogP contribution is -2.16. The number of carbonyl (C=O) groups excluding carboxylic acids is 1. The maximum Gasteiger partial charge on any atom is 0.274 e. The van der Waals surface area contributed by atoms with Gasteiger partial charge in [0, 0.05) is 23.1 Å². The summed E-state index contributed by atoms with van der Waals surface area (Å²) in [6, 6.07) is 12.0. The third-order valence-electron chi connectivity index (χ3n) is 3.82. The molecule has 0 saturated carbocycles. The van der Waals surface area contributed by atoms with Crippen molar-refractivity contribution in [2.24, 2.45) is 0 Å². The highest BCUT2D eigenvalue weighted by Gasteiger charge is 2.15. The van der Waals surface area contributed by atoms with Gasteiger partial charge in [-0.1, -0.05) is 11.6 Å². The van der Waals surface area contributed by atoms with Crippen LogP contribution in [-0.4, -0.2) is 16.6 Å². The van der Waals surface area contributed by atoms with Crippen molar-refractivity contribution in [2.45, 2.75) is 6.92 Å². The molecule has 0 radical (unpaired) electrons. The number of aromatic nitrogens is 1. The fourth-order valence-electron chi connectivity index (χ4n) is 2.50. The van der Waals surface area contributed by atoms with E-state index in [4.69, 9.17) is 28.0 Å². The molecule has 3 rings (SSSR count). The summed E-state index contributed by atoms with van der Waals surface area (Å²) in [6.45, 7) is 1.72. The smallest absolute Gasteiger partial charge is 0.274 e. The number of anilines is 2. The van der Waals surface area contributed by atoms with E-state index in [0.717, 1.165) is 0 Å². The number of rotatable bonds is 4. The molecule has 4 N–H and O–H groups in total. The van der Waals surface area contributed by atoms with Gasteiger partial charge >= 0.3 is 0 Å². The van der Waals surface area contributed by atoms with Crippen molar-refractivity contribution in [3.05, 3.63) is 74.2 Å². The summed E-state index contributed by atoms with van der Waals surface area (Å²) < 4.78 is 0.583. The Kier molecular flexibility index (Phi) is 5.21. The minimum atomic E-state index is -0.404. The number of nitrogens with two attached hydrogens (primary N) is 1. The Balaban J connectivity index is 1.87. The molecule has 3 aromatic rings. The van der Waals surface area contributed by atoms with Crippen LogP contribution in [0.15, 0.2) is 42.6 Å². The molecule has 0 bridgehead atoms. The van der Waals surface area contributed by atoms with E-state index in [9.17, 15) is 4.79 Å². The van der Waals surface area contributed by atoms with Gasteiger partial charge in [0.25, 0.3) is 5.91 Å². The quantitative estimate of drug-likeness (QED) is 0.452. The number of aryl methyl sites for hydroxylation is 1. The van der Waals surface area contributed by atoms with Gasteiger partial charge in [-0.25, -0.2) is 4.98 Å². The number of hydrogen-bond donors (Lipinski definition) is 3. The van der Waals surface area contributed by atoms with Crippen molar-refractivity contribution in [3.8, 4) is 6.07 Å². The highest BCUT2D eigenvalue weighted by atomic mass is 35.5. The van der Waals surface area contributed by atoms with Gasteiger partial charge in [0.2, 0.25) is 0 Å². The van der Waals surface area contributed by atoms with E-state index in [2.05, 4.69) is 10.3 Å². The molecular weight excluding hydrogens is 382 g/mol. The molecule has 134 valence electrons. The van der Waals surface area contributed by atoms with Crippen molar-refractivity contribution in [3.63, 3.8) is 0 Å². The number of nitrogens with zero attached hydrogens (tertiary/aromatic N) is 2. The second-order valence-corrected chi connectivity index (χ2v) is 7.45. The average molecular weight is 396 g/mol. The van der Waals surface area contributed by atoms with E-state index in [1.807, 2.05) is 6.07 Å². The van der Waals surface area contributed by atoms with E-state index in [1.54, 1.807) is 43.3 Å². The van der Waals surface area contributed by atoms with Crippen LogP contribution in [0.5, 0.6) is 0 Å². The predicted octanol–water partition coefficient (Wildman–Crippen LogP) is 4.23. The normalized spacial score (nSPS) is 10.3. The predicted molar refractivity (Wildman–Crippen MR) is 108 cm³/mol. The first-order valence-corrected chi connectivity index (χ1v) is 9.00. The van der Waals surface area contributed by atoms with Crippen LogP contribution in [0, 0.1) is 23.7 Å². The fraction of sp³-hybridized carbons (Fsp3) is 0.0526. The number of nitrogen functional groups attached to an aromatic ring is 1. The number of nitriles is 1. The first kappa shape index (κ1) is 18.6. The molecule has 0 aliphatic rings. The zero-order chi connectivity index (χ0) is 19.6. The molecule has 0 fully saturated rings. The first-order valence-electron chi connectivity index (χ1n) is 7.81. The largest absolute Gasteiger partial charge is 0.398 e. The second-order valence-electron chi connectivity index (χ2n) is 5.74. The Morgan fingerprint density at radius 1 is 1.33 bits per heavy atom. The molecule has 0 spiro atoms. The minimum Gasteiger partial charge on any atom is -0.398 e.